The van der Waals surface area contributed by atoms with Crippen LogP contribution in [0.2, 0.25) is 25.7 Å². The van der Waals surface area contributed by atoms with Crippen molar-refractivity contribution in [3.8, 4) is 11.1 Å². The average molecular weight is 627 g/mol. The molecule has 240 valence electrons. The Morgan fingerprint density at radius 1 is 1.16 bits per heavy atom. The predicted molar refractivity (Wildman–Crippen MR) is 171 cm³/mol. The molecule has 0 aliphatic heterocycles. The standard InChI is InChI=1S/C32H47FN6O4Si/c1-8-25-24(18-43-38-25)31(40)36-29(22-12-10-20(3)11-13-22)32(41)35-27-15-14-23(30(33)34-27)28-21(4)37-39(26(28)9-2)19-42-16-17-44(5,6)7/h14-15,18,20,22,29H,8-13,16-17,19H2,1-7H3,(H,36,40)(H,34,35,41)/t20-,22-,29-/m0/s1. The number of pyridine rings is 1. The third-order valence-electron chi connectivity index (χ3n) is 8.47. The van der Waals surface area contributed by atoms with E-state index in [0.717, 1.165) is 37.4 Å². The number of halogens is 1. The van der Waals surface area contributed by atoms with Crippen LogP contribution in [0.4, 0.5) is 10.2 Å². The number of nitrogens with zero attached hydrogens (tertiary/aromatic N) is 4. The lowest BCUT2D eigenvalue weighted by Crippen LogP contribution is -2.49. The third kappa shape index (κ3) is 8.20. The number of aromatic nitrogens is 4. The van der Waals surface area contributed by atoms with Crippen molar-refractivity contribution < 1.29 is 23.2 Å². The number of anilines is 1. The molecule has 4 rings (SSSR count). The second-order valence-electron chi connectivity index (χ2n) is 13.1. The van der Waals surface area contributed by atoms with E-state index < -0.39 is 31.9 Å². The number of rotatable bonds is 13. The monoisotopic (exact) mass is 626 g/mol. The minimum absolute atomic E-state index is 0.0576. The van der Waals surface area contributed by atoms with Crippen LogP contribution in [0.3, 0.4) is 0 Å². The molecule has 0 radical (unpaired) electrons. The fourth-order valence-electron chi connectivity index (χ4n) is 5.80. The molecule has 2 N–H and O–H groups in total. The van der Waals surface area contributed by atoms with Crippen molar-refractivity contribution in [1.29, 1.82) is 0 Å². The van der Waals surface area contributed by atoms with Crippen molar-refractivity contribution in [1.82, 2.24) is 25.2 Å². The normalized spacial score (nSPS) is 17.8. The number of hydrogen-bond acceptors (Lipinski definition) is 7. The average Bonchev–Trinajstić information content (AvgIpc) is 3.58. The second kappa shape index (κ2) is 14.6. The second-order valence-corrected chi connectivity index (χ2v) is 18.8. The Hall–Kier alpha value is -3.38. The Labute approximate surface area is 260 Å². The zero-order valence-electron chi connectivity index (χ0n) is 27.1. The summed E-state index contributed by atoms with van der Waals surface area (Å²) in [6.45, 7) is 15.8. The number of hydrogen-bond donors (Lipinski definition) is 2. The van der Waals surface area contributed by atoms with Crippen molar-refractivity contribution in [3.05, 3.63) is 47.0 Å². The van der Waals surface area contributed by atoms with Gasteiger partial charge < -0.3 is 19.9 Å². The highest BCUT2D eigenvalue weighted by Gasteiger charge is 2.34. The molecule has 1 atom stereocenters. The van der Waals surface area contributed by atoms with Gasteiger partial charge in [0.15, 0.2) is 0 Å². The third-order valence-corrected chi connectivity index (χ3v) is 10.2. The van der Waals surface area contributed by atoms with Crippen molar-refractivity contribution in [3.63, 3.8) is 0 Å². The molecule has 44 heavy (non-hydrogen) atoms. The lowest BCUT2D eigenvalue weighted by atomic mass is 9.79. The number of carbonyl (C=O) groups excluding carboxylic acids is 2. The quantitative estimate of drug-likeness (QED) is 0.128. The minimum Gasteiger partial charge on any atom is -0.364 e. The summed E-state index contributed by atoms with van der Waals surface area (Å²) < 4.78 is 28.3. The van der Waals surface area contributed by atoms with E-state index >= 15 is 4.39 Å². The first-order valence-electron chi connectivity index (χ1n) is 15.8. The van der Waals surface area contributed by atoms with Gasteiger partial charge in [0.25, 0.3) is 5.91 Å². The number of ether oxygens (including phenoxy) is 1. The van der Waals surface area contributed by atoms with Crippen LogP contribution in [0.5, 0.6) is 0 Å². The van der Waals surface area contributed by atoms with Crippen LogP contribution in [-0.2, 0) is 29.1 Å². The highest BCUT2D eigenvalue weighted by Crippen LogP contribution is 2.33. The Kier molecular flexibility index (Phi) is 11.1. The molecule has 0 aromatic carbocycles. The van der Waals surface area contributed by atoms with E-state index in [9.17, 15) is 9.59 Å². The SMILES string of the molecule is CCc1nocc1C(=O)N[C@H](C(=O)Nc1ccc(-c2c(C)nn(COCC[Si](C)(C)C)c2CC)c(F)n1)[C@H]1CC[C@H](C)CC1. The summed E-state index contributed by atoms with van der Waals surface area (Å²) in [5.41, 5.74) is 3.39. The van der Waals surface area contributed by atoms with Crippen LogP contribution in [-0.4, -0.2) is 52.5 Å². The summed E-state index contributed by atoms with van der Waals surface area (Å²) in [5.74, 6) is -0.962. The van der Waals surface area contributed by atoms with Gasteiger partial charge in [-0.25, -0.2) is 9.67 Å². The highest BCUT2D eigenvalue weighted by atomic mass is 28.3. The molecule has 2 amide bonds. The van der Waals surface area contributed by atoms with Crippen LogP contribution in [0.15, 0.2) is 22.9 Å². The molecule has 3 heterocycles. The Bertz CT molecular complexity index is 1440. The molecule has 10 nitrogen and oxygen atoms in total. The topological polar surface area (TPSA) is 124 Å². The van der Waals surface area contributed by atoms with Gasteiger partial charge in [0.2, 0.25) is 11.9 Å². The summed E-state index contributed by atoms with van der Waals surface area (Å²) in [6, 6.07) is 3.46. The van der Waals surface area contributed by atoms with Crippen molar-refractivity contribution >= 4 is 25.7 Å². The molecular formula is C32H47FN6O4Si. The number of aryl methyl sites for hydroxylation is 2. The van der Waals surface area contributed by atoms with Gasteiger partial charge in [-0.1, -0.05) is 58.4 Å². The molecule has 3 aromatic heterocycles. The summed E-state index contributed by atoms with van der Waals surface area (Å²) in [7, 11) is -1.21. The first-order valence-corrected chi connectivity index (χ1v) is 19.5. The van der Waals surface area contributed by atoms with Gasteiger partial charge in [-0.2, -0.15) is 9.49 Å². The summed E-state index contributed by atoms with van der Waals surface area (Å²) in [4.78, 5) is 30.9. The van der Waals surface area contributed by atoms with E-state index in [1.54, 1.807) is 16.8 Å². The lowest BCUT2D eigenvalue weighted by Gasteiger charge is -2.32. The smallest absolute Gasteiger partial charge is 0.257 e. The molecule has 12 heteroatoms. The highest BCUT2D eigenvalue weighted by molar-refractivity contribution is 6.76. The Morgan fingerprint density at radius 3 is 2.52 bits per heavy atom. The lowest BCUT2D eigenvalue weighted by molar-refractivity contribution is -0.119. The van der Waals surface area contributed by atoms with Crippen molar-refractivity contribution in [2.45, 2.75) is 105 Å². The maximum absolute atomic E-state index is 15.6. The number of amides is 2. The molecule has 0 spiro atoms. The molecular weight excluding hydrogens is 579 g/mol. The fraction of sp³-hybridized carbons (Fsp3) is 0.594. The van der Waals surface area contributed by atoms with Gasteiger partial charge in [-0.15, -0.1) is 0 Å². The van der Waals surface area contributed by atoms with Crippen LogP contribution >= 0.6 is 0 Å². The van der Waals surface area contributed by atoms with Gasteiger partial charge in [-0.3, -0.25) is 9.59 Å². The van der Waals surface area contributed by atoms with E-state index in [1.807, 2.05) is 20.8 Å². The van der Waals surface area contributed by atoms with E-state index in [4.69, 9.17) is 9.26 Å². The van der Waals surface area contributed by atoms with Gasteiger partial charge >= 0.3 is 0 Å². The first-order chi connectivity index (χ1) is 20.9. The van der Waals surface area contributed by atoms with Gasteiger partial charge in [0.05, 0.1) is 11.4 Å². The maximum Gasteiger partial charge on any atom is 0.257 e. The van der Waals surface area contributed by atoms with Crippen molar-refractivity contribution in [2.24, 2.45) is 11.8 Å². The van der Waals surface area contributed by atoms with Gasteiger partial charge in [0.1, 0.15) is 30.4 Å². The molecule has 0 bridgehead atoms. The van der Waals surface area contributed by atoms with E-state index in [-0.39, 0.29) is 11.7 Å². The summed E-state index contributed by atoms with van der Waals surface area (Å²) in [5, 5.41) is 14.2. The Balaban J connectivity index is 1.52. The molecule has 1 fully saturated rings. The predicted octanol–water partition coefficient (Wildman–Crippen LogP) is 6.38. The molecule has 0 saturated heterocycles. The minimum atomic E-state index is -1.21. The van der Waals surface area contributed by atoms with Crippen LogP contribution in [0, 0.1) is 24.7 Å². The van der Waals surface area contributed by atoms with E-state index in [2.05, 4.69) is 52.4 Å². The largest absolute Gasteiger partial charge is 0.364 e. The van der Waals surface area contributed by atoms with E-state index in [0.29, 0.717) is 60.2 Å². The molecule has 1 aliphatic carbocycles. The van der Waals surface area contributed by atoms with Crippen LogP contribution < -0.4 is 10.6 Å². The number of nitrogens with one attached hydrogen (secondary N) is 2. The van der Waals surface area contributed by atoms with Gasteiger partial charge in [-0.05, 0) is 62.6 Å². The zero-order chi connectivity index (χ0) is 32.0. The van der Waals surface area contributed by atoms with Gasteiger partial charge in [0, 0.05) is 31.5 Å². The number of carbonyl (C=O) groups is 2. The first kappa shape index (κ1) is 33.5. The summed E-state index contributed by atoms with van der Waals surface area (Å²) >= 11 is 0. The molecule has 1 aliphatic rings. The molecule has 1 saturated carbocycles. The zero-order valence-corrected chi connectivity index (χ0v) is 28.1. The maximum atomic E-state index is 15.6. The molecule has 0 unspecified atom stereocenters. The summed E-state index contributed by atoms with van der Waals surface area (Å²) in [6.07, 6.45) is 6.00. The van der Waals surface area contributed by atoms with Crippen LogP contribution in [0.25, 0.3) is 11.1 Å². The van der Waals surface area contributed by atoms with Crippen molar-refractivity contribution in [2.75, 3.05) is 11.9 Å². The Morgan fingerprint density at radius 2 is 1.89 bits per heavy atom. The van der Waals surface area contributed by atoms with Crippen LogP contribution in [0.1, 0.15) is 73.9 Å². The fourth-order valence-corrected chi connectivity index (χ4v) is 6.56. The molecule has 3 aromatic rings. The van der Waals surface area contributed by atoms with E-state index in [1.165, 1.54) is 6.26 Å².